The van der Waals surface area contributed by atoms with Crippen LogP contribution in [0.5, 0.6) is 0 Å². The average Bonchev–Trinajstić information content (AvgIpc) is 3.17. The summed E-state index contributed by atoms with van der Waals surface area (Å²) in [6, 6.07) is 4.17. The third-order valence-electron chi connectivity index (χ3n) is 4.00. The van der Waals surface area contributed by atoms with Gasteiger partial charge in [-0.05, 0) is 31.4 Å². The monoisotopic (exact) mass is 271 g/mol. The smallest absolute Gasteiger partial charge is 0.222 e. The highest BCUT2D eigenvalue weighted by Gasteiger charge is 2.32. The Morgan fingerprint density at radius 3 is 2.95 bits per heavy atom. The first-order chi connectivity index (χ1) is 9.92. The molecule has 2 aromatic rings. The van der Waals surface area contributed by atoms with E-state index in [0.29, 0.717) is 6.04 Å². The Bertz CT molecular complexity index is 591. The molecule has 0 aromatic carbocycles. The lowest BCUT2D eigenvalue weighted by Gasteiger charge is -2.28. The van der Waals surface area contributed by atoms with Gasteiger partial charge in [-0.1, -0.05) is 0 Å². The van der Waals surface area contributed by atoms with Gasteiger partial charge in [-0.2, -0.15) is 4.98 Å². The van der Waals surface area contributed by atoms with Crippen molar-refractivity contribution < 1.29 is 4.74 Å². The maximum atomic E-state index is 5.84. The van der Waals surface area contributed by atoms with Crippen molar-refractivity contribution in [3.8, 4) is 11.4 Å². The molecule has 4 heterocycles. The second-order valence-corrected chi connectivity index (χ2v) is 5.27. The molecule has 2 aliphatic rings. The molecule has 1 saturated heterocycles. The number of hydrogen-bond donors (Lipinski definition) is 1. The molecule has 0 bridgehead atoms. The van der Waals surface area contributed by atoms with E-state index in [1.54, 1.807) is 12.4 Å². The summed E-state index contributed by atoms with van der Waals surface area (Å²) in [6.45, 7) is 1.80. The fraction of sp³-hybridized carbons (Fsp3) is 0.500. The van der Waals surface area contributed by atoms with Gasteiger partial charge in [0, 0.05) is 31.1 Å². The van der Waals surface area contributed by atoms with E-state index in [1.165, 1.54) is 0 Å². The topological polar surface area (TPSA) is 64.9 Å². The lowest BCUT2D eigenvalue weighted by Crippen LogP contribution is -2.32. The number of fused-ring (bicyclic) bond motifs is 1. The van der Waals surface area contributed by atoms with Gasteiger partial charge >= 0.3 is 0 Å². The van der Waals surface area contributed by atoms with Gasteiger partial charge < -0.3 is 10.1 Å². The molecule has 4 rings (SSSR count). The Balaban J connectivity index is 1.70. The Morgan fingerprint density at radius 1 is 1.25 bits per heavy atom. The highest BCUT2D eigenvalue weighted by molar-refractivity contribution is 5.55. The second-order valence-electron chi connectivity index (χ2n) is 5.27. The van der Waals surface area contributed by atoms with Crippen LogP contribution in [0.15, 0.2) is 24.5 Å². The zero-order valence-electron chi connectivity index (χ0n) is 11.2. The first kappa shape index (κ1) is 11.8. The van der Waals surface area contributed by atoms with Crippen molar-refractivity contribution in [3.63, 3.8) is 0 Å². The molecule has 20 heavy (non-hydrogen) atoms. The standard InChI is InChI=1S/C14H17N5O/c1-2-12(20-9-1)11-5-8-16-14-17-13(18-19(11)14)10-3-6-15-7-4-10/h3-4,6-7,11-12H,1-2,5,8-9H2,(H,16,17,18). The van der Waals surface area contributed by atoms with Gasteiger partial charge in [0.15, 0.2) is 5.82 Å². The molecular weight excluding hydrogens is 254 g/mol. The Morgan fingerprint density at radius 2 is 2.15 bits per heavy atom. The fourth-order valence-corrected chi connectivity index (χ4v) is 3.00. The van der Waals surface area contributed by atoms with Crippen LogP contribution >= 0.6 is 0 Å². The van der Waals surface area contributed by atoms with Crippen LogP contribution in [0.4, 0.5) is 5.95 Å². The molecule has 6 heteroatoms. The SMILES string of the molecule is c1cc(-c2nc3n(n2)C(C2CCCO2)CCN3)ccn1. The Labute approximate surface area is 117 Å². The van der Waals surface area contributed by atoms with E-state index in [0.717, 1.165) is 49.8 Å². The first-order valence-electron chi connectivity index (χ1n) is 7.14. The molecule has 6 nitrogen and oxygen atoms in total. The summed E-state index contributed by atoms with van der Waals surface area (Å²) in [4.78, 5) is 8.63. The van der Waals surface area contributed by atoms with Gasteiger partial charge in [-0.25, -0.2) is 4.68 Å². The molecule has 2 aliphatic heterocycles. The molecule has 0 amide bonds. The number of nitrogens with one attached hydrogen (secondary N) is 1. The minimum absolute atomic E-state index is 0.280. The van der Waals surface area contributed by atoms with Crippen LogP contribution in [-0.2, 0) is 4.74 Å². The summed E-state index contributed by atoms with van der Waals surface area (Å²) >= 11 is 0. The Kier molecular flexibility index (Phi) is 2.88. The normalized spacial score (nSPS) is 25.2. The molecule has 0 saturated carbocycles. The van der Waals surface area contributed by atoms with Crippen molar-refractivity contribution in [1.29, 1.82) is 0 Å². The molecule has 1 N–H and O–H groups in total. The van der Waals surface area contributed by atoms with Crippen LogP contribution in [0, 0.1) is 0 Å². The maximum Gasteiger partial charge on any atom is 0.222 e. The molecular formula is C14H17N5O. The van der Waals surface area contributed by atoms with Crippen molar-refractivity contribution in [2.45, 2.75) is 31.4 Å². The third kappa shape index (κ3) is 1.96. The number of pyridine rings is 1. The largest absolute Gasteiger partial charge is 0.376 e. The summed E-state index contributed by atoms with van der Waals surface area (Å²) in [5.74, 6) is 1.60. The molecule has 2 unspecified atom stereocenters. The fourth-order valence-electron chi connectivity index (χ4n) is 3.00. The zero-order chi connectivity index (χ0) is 13.4. The number of anilines is 1. The van der Waals surface area contributed by atoms with E-state index in [4.69, 9.17) is 4.74 Å². The quantitative estimate of drug-likeness (QED) is 0.903. The van der Waals surface area contributed by atoms with E-state index in [1.807, 2.05) is 16.8 Å². The lowest BCUT2D eigenvalue weighted by atomic mass is 10.0. The van der Waals surface area contributed by atoms with Crippen molar-refractivity contribution >= 4 is 5.95 Å². The van der Waals surface area contributed by atoms with Crippen molar-refractivity contribution in [3.05, 3.63) is 24.5 Å². The number of hydrogen-bond acceptors (Lipinski definition) is 5. The average molecular weight is 271 g/mol. The molecule has 0 spiro atoms. The van der Waals surface area contributed by atoms with E-state index in [2.05, 4.69) is 20.4 Å². The first-order valence-corrected chi connectivity index (χ1v) is 7.14. The third-order valence-corrected chi connectivity index (χ3v) is 4.00. The van der Waals surface area contributed by atoms with Crippen molar-refractivity contribution in [1.82, 2.24) is 19.7 Å². The zero-order valence-corrected chi connectivity index (χ0v) is 11.2. The second kappa shape index (κ2) is 4.86. The lowest BCUT2D eigenvalue weighted by molar-refractivity contribution is 0.0591. The van der Waals surface area contributed by atoms with Gasteiger partial charge in [-0.3, -0.25) is 4.98 Å². The van der Waals surface area contributed by atoms with Gasteiger partial charge in [0.05, 0.1) is 12.1 Å². The van der Waals surface area contributed by atoms with Gasteiger partial charge in [0.25, 0.3) is 0 Å². The van der Waals surface area contributed by atoms with Gasteiger partial charge in [0.1, 0.15) is 0 Å². The summed E-state index contributed by atoms with van der Waals surface area (Å²) in [5.41, 5.74) is 0.995. The van der Waals surface area contributed by atoms with Crippen LogP contribution in [0.25, 0.3) is 11.4 Å². The minimum Gasteiger partial charge on any atom is -0.376 e. The van der Waals surface area contributed by atoms with E-state index in [9.17, 15) is 0 Å². The van der Waals surface area contributed by atoms with Crippen molar-refractivity contribution in [2.24, 2.45) is 0 Å². The Hall–Kier alpha value is -1.95. The van der Waals surface area contributed by atoms with E-state index < -0.39 is 0 Å². The number of aromatic nitrogens is 4. The molecule has 0 radical (unpaired) electrons. The predicted molar refractivity (Wildman–Crippen MR) is 74.4 cm³/mol. The van der Waals surface area contributed by atoms with Gasteiger partial charge in [0.2, 0.25) is 5.95 Å². The highest BCUT2D eigenvalue weighted by Crippen LogP contribution is 2.32. The van der Waals surface area contributed by atoms with Crippen LogP contribution in [0.3, 0.4) is 0 Å². The molecule has 1 fully saturated rings. The van der Waals surface area contributed by atoms with Crippen LogP contribution in [-0.4, -0.2) is 39.0 Å². The van der Waals surface area contributed by atoms with Gasteiger partial charge in [-0.15, -0.1) is 5.10 Å². The maximum absolute atomic E-state index is 5.84. The predicted octanol–water partition coefficient (Wildman–Crippen LogP) is 1.88. The van der Waals surface area contributed by atoms with Crippen molar-refractivity contribution in [2.75, 3.05) is 18.5 Å². The van der Waals surface area contributed by atoms with Crippen LogP contribution < -0.4 is 5.32 Å². The number of ether oxygens (including phenoxy) is 1. The number of rotatable bonds is 2. The number of nitrogens with zero attached hydrogens (tertiary/aromatic N) is 4. The molecule has 0 aliphatic carbocycles. The molecule has 2 aromatic heterocycles. The molecule has 104 valence electrons. The van der Waals surface area contributed by atoms with E-state index in [-0.39, 0.29) is 6.10 Å². The summed E-state index contributed by atoms with van der Waals surface area (Å²) < 4.78 is 7.85. The summed E-state index contributed by atoms with van der Waals surface area (Å²) in [6.07, 6.45) is 7.12. The highest BCUT2D eigenvalue weighted by atomic mass is 16.5. The minimum atomic E-state index is 0.280. The van der Waals surface area contributed by atoms with E-state index >= 15 is 0 Å². The van der Waals surface area contributed by atoms with Crippen LogP contribution in [0.2, 0.25) is 0 Å². The molecule has 2 atom stereocenters. The summed E-state index contributed by atoms with van der Waals surface area (Å²) in [7, 11) is 0. The summed E-state index contributed by atoms with van der Waals surface area (Å²) in [5, 5.41) is 8.01. The van der Waals surface area contributed by atoms with Crippen LogP contribution in [0.1, 0.15) is 25.3 Å².